The van der Waals surface area contributed by atoms with Crippen LogP contribution in [0.2, 0.25) is 0 Å². The van der Waals surface area contributed by atoms with Gasteiger partial charge in [-0.25, -0.2) is 0 Å². The van der Waals surface area contributed by atoms with E-state index in [-0.39, 0.29) is 17.6 Å². The van der Waals surface area contributed by atoms with Gasteiger partial charge in [0.25, 0.3) is 0 Å². The number of likely N-dealkylation sites (N-methyl/N-ethyl adjacent to an activating group) is 1. The van der Waals surface area contributed by atoms with Crippen molar-refractivity contribution >= 4 is 5.91 Å². The standard InChI is InChI=1S/C13H27N3O/c1-7-13(5)12(17)16(11(4)14-13)9-8-15(6)10(2)3/h10-11,14H,7-9H2,1-6H3. The number of carbonyl (C=O) groups is 1. The minimum atomic E-state index is -0.365. The first-order valence-electron chi connectivity index (χ1n) is 6.61. The molecular weight excluding hydrogens is 214 g/mol. The lowest BCUT2D eigenvalue weighted by Crippen LogP contribution is -2.44. The number of amides is 1. The van der Waals surface area contributed by atoms with Crippen molar-refractivity contribution < 1.29 is 4.79 Å². The molecule has 1 N–H and O–H groups in total. The van der Waals surface area contributed by atoms with Crippen LogP contribution in [-0.4, -0.2) is 53.6 Å². The van der Waals surface area contributed by atoms with E-state index in [9.17, 15) is 4.79 Å². The Labute approximate surface area is 105 Å². The molecule has 0 radical (unpaired) electrons. The molecule has 0 aliphatic carbocycles. The lowest BCUT2D eigenvalue weighted by Gasteiger charge is -2.27. The molecular formula is C13H27N3O. The van der Waals surface area contributed by atoms with E-state index in [1.807, 2.05) is 11.8 Å². The van der Waals surface area contributed by atoms with Crippen molar-refractivity contribution in [2.45, 2.75) is 58.8 Å². The second-order valence-electron chi connectivity index (χ2n) is 5.58. The average molecular weight is 241 g/mol. The molecule has 0 saturated carbocycles. The van der Waals surface area contributed by atoms with E-state index in [0.717, 1.165) is 19.5 Å². The highest BCUT2D eigenvalue weighted by atomic mass is 16.2. The summed E-state index contributed by atoms with van der Waals surface area (Å²) in [7, 11) is 2.10. The van der Waals surface area contributed by atoms with Crippen LogP contribution >= 0.6 is 0 Å². The molecule has 1 aliphatic heterocycles. The number of nitrogens with zero attached hydrogens (tertiary/aromatic N) is 2. The fraction of sp³-hybridized carbons (Fsp3) is 0.923. The van der Waals surface area contributed by atoms with Crippen molar-refractivity contribution in [1.29, 1.82) is 0 Å². The second-order valence-corrected chi connectivity index (χ2v) is 5.58. The lowest BCUT2D eigenvalue weighted by atomic mass is 9.99. The van der Waals surface area contributed by atoms with E-state index < -0.39 is 0 Å². The summed E-state index contributed by atoms with van der Waals surface area (Å²) in [5.74, 6) is 0.240. The predicted molar refractivity (Wildman–Crippen MR) is 70.8 cm³/mol. The van der Waals surface area contributed by atoms with Crippen LogP contribution in [0.15, 0.2) is 0 Å². The molecule has 17 heavy (non-hydrogen) atoms. The third-order valence-corrected chi connectivity index (χ3v) is 4.01. The fourth-order valence-corrected chi connectivity index (χ4v) is 2.17. The van der Waals surface area contributed by atoms with Crippen LogP contribution in [0.3, 0.4) is 0 Å². The summed E-state index contributed by atoms with van der Waals surface area (Å²) in [4.78, 5) is 16.5. The summed E-state index contributed by atoms with van der Waals surface area (Å²) < 4.78 is 0. The van der Waals surface area contributed by atoms with Gasteiger partial charge in [0.15, 0.2) is 0 Å². The van der Waals surface area contributed by atoms with Gasteiger partial charge in [0, 0.05) is 19.1 Å². The number of rotatable bonds is 5. The molecule has 0 aromatic rings. The third kappa shape index (κ3) is 2.99. The van der Waals surface area contributed by atoms with Crippen LogP contribution in [0.1, 0.15) is 41.0 Å². The SMILES string of the molecule is CCC1(C)NC(C)N(CCN(C)C(C)C)C1=O. The first kappa shape index (κ1) is 14.5. The Kier molecular flexibility index (Phi) is 4.55. The van der Waals surface area contributed by atoms with Crippen LogP contribution in [-0.2, 0) is 4.79 Å². The number of hydrogen-bond donors (Lipinski definition) is 1. The zero-order chi connectivity index (χ0) is 13.2. The molecule has 1 heterocycles. The molecule has 1 amide bonds. The van der Waals surface area contributed by atoms with E-state index in [1.54, 1.807) is 0 Å². The molecule has 4 nitrogen and oxygen atoms in total. The van der Waals surface area contributed by atoms with E-state index in [2.05, 4.69) is 45.0 Å². The maximum Gasteiger partial charge on any atom is 0.243 e. The summed E-state index contributed by atoms with van der Waals surface area (Å²) in [6, 6.07) is 0.522. The molecule has 100 valence electrons. The highest BCUT2D eigenvalue weighted by Crippen LogP contribution is 2.22. The van der Waals surface area contributed by atoms with Gasteiger partial charge in [0.1, 0.15) is 0 Å². The monoisotopic (exact) mass is 241 g/mol. The topological polar surface area (TPSA) is 35.6 Å². The average Bonchev–Trinajstić information content (AvgIpc) is 2.48. The molecule has 1 rings (SSSR count). The van der Waals surface area contributed by atoms with E-state index in [0.29, 0.717) is 6.04 Å². The predicted octanol–water partition coefficient (Wildman–Crippen LogP) is 1.27. The third-order valence-electron chi connectivity index (χ3n) is 4.01. The lowest BCUT2D eigenvalue weighted by molar-refractivity contribution is -0.133. The van der Waals surface area contributed by atoms with Gasteiger partial charge in [-0.05, 0) is 41.2 Å². The molecule has 1 fully saturated rings. The summed E-state index contributed by atoms with van der Waals surface area (Å²) in [6.45, 7) is 12.2. The Bertz CT molecular complexity index is 280. The van der Waals surface area contributed by atoms with Crippen LogP contribution in [0.5, 0.6) is 0 Å². The van der Waals surface area contributed by atoms with Crippen molar-refractivity contribution in [3.05, 3.63) is 0 Å². The molecule has 2 atom stereocenters. The van der Waals surface area contributed by atoms with Crippen LogP contribution in [0.4, 0.5) is 0 Å². The molecule has 4 heteroatoms. The van der Waals surface area contributed by atoms with E-state index in [4.69, 9.17) is 0 Å². The molecule has 0 aromatic heterocycles. The Morgan fingerprint density at radius 3 is 2.53 bits per heavy atom. The van der Waals surface area contributed by atoms with Crippen LogP contribution in [0.25, 0.3) is 0 Å². The molecule has 0 aromatic carbocycles. The summed E-state index contributed by atoms with van der Waals surface area (Å²) in [5, 5.41) is 3.39. The first-order valence-corrected chi connectivity index (χ1v) is 6.61. The number of hydrogen-bond acceptors (Lipinski definition) is 3. The molecule has 1 saturated heterocycles. The largest absolute Gasteiger partial charge is 0.325 e. The van der Waals surface area contributed by atoms with Crippen molar-refractivity contribution in [2.75, 3.05) is 20.1 Å². The maximum atomic E-state index is 12.3. The van der Waals surface area contributed by atoms with Gasteiger partial charge in [0.05, 0.1) is 11.7 Å². The number of nitrogens with one attached hydrogen (secondary N) is 1. The Morgan fingerprint density at radius 2 is 2.12 bits per heavy atom. The molecule has 1 aliphatic rings. The van der Waals surface area contributed by atoms with Gasteiger partial charge in [-0.3, -0.25) is 10.1 Å². The quantitative estimate of drug-likeness (QED) is 0.787. The summed E-state index contributed by atoms with van der Waals surface area (Å²) >= 11 is 0. The Morgan fingerprint density at radius 1 is 1.53 bits per heavy atom. The number of carbonyl (C=O) groups excluding carboxylic acids is 1. The van der Waals surface area contributed by atoms with Crippen molar-refractivity contribution in [1.82, 2.24) is 15.1 Å². The van der Waals surface area contributed by atoms with Crippen molar-refractivity contribution in [3.8, 4) is 0 Å². The van der Waals surface area contributed by atoms with Gasteiger partial charge in [-0.1, -0.05) is 6.92 Å². The zero-order valence-corrected chi connectivity index (χ0v) is 12.1. The minimum Gasteiger partial charge on any atom is -0.325 e. The minimum absolute atomic E-state index is 0.146. The first-order chi connectivity index (χ1) is 7.81. The van der Waals surface area contributed by atoms with Gasteiger partial charge in [-0.2, -0.15) is 0 Å². The van der Waals surface area contributed by atoms with Crippen molar-refractivity contribution in [3.63, 3.8) is 0 Å². The van der Waals surface area contributed by atoms with Gasteiger partial charge in [0.2, 0.25) is 5.91 Å². The van der Waals surface area contributed by atoms with E-state index >= 15 is 0 Å². The van der Waals surface area contributed by atoms with Gasteiger partial charge < -0.3 is 9.80 Å². The highest BCUT2D eigenvalue weighted by molar-refractivity contribution is 5.88. The van der Waals surface area contributed by atoms with Gasteiger partial charge >= 0.3 is 0 Å². The maximum absolute atomic E-state index is 12.3. The molecule has 2 unspecified atom stereocenters. The molecule has 0 bridgehead atoms. The fourth-order valence-electron chi connectivity index (χ4n) is 2.17. The smallest absolute Gasteiger partial charge is 0.243 e. The normalized spacial score (nSPS) is 29.8. The van der Waals surface area contributed by atoms with Gasteiger partial charge in [-0.15, -0.1) is 0 Å². The van der Waals surface area contributed by atoms with Crippen molar-refractivity contribution in [2.24, 2.45) is 0 Å². The zero-order valence-electron chi connectivity index (χ0n) is 12.1. The Hall–Kier alpha value is -0.610. The summed E-state index contributed by atoms with van der Waals surface area (Å²) in [6.07, 6.45) is 0.986. The Balaban J connectivity index is 2.58. The van der Waals surface area contributed by atoms with Crippen LogP contribution < -0.4 is 5.32 Å². The van der Waals surface area contributed by atoms with Crippen LogP contribution in [0, 0.1) is 0 Å². The summed E-state index contributed by atoms with van der Waals surface area (Å²) in [5.41, 5.74) is -0.365. The second kappa shape index (κ2) is 5.36. The van der Waals surface area contributed by atoms with E-state index in [1.165, 1.54) is 0 Å². The highest BCUT2D eigenvalue weighted by Gasteiger charge is 2.44. The molecule has 0 spiro atoms.